The maximum Gasteiger partial charge on any atom is 0.238 e. The van der Waals surface area contributed by atoms with Crippen molar-refractivity contribution in [3.8, 4) is 0 Å². The molecule has 4 N–H and O–H groups in total. The minimum atomic E-state index is -0.106. The monoisotopic (exact) mass is 290 g/mol. The Kier molecular flexibility index (Phi) is 5.16. The van der Waals surface area contributed by atoms with Crippen LogP contribution in [0.1, 0.15) is 12.8 Å². The van der Waals surface area contributed by atoms with Gasteiger partial charge >= 0.3 is 0 Å². The third kappa shape index (κ3) is 4.19. The Balaban J connectivity index is 1.88. The summed E-state index contributed by atoms with van der Waals surface area (Å²) in [5.41, 5.74) is 6.98. The number of hydrogen-bond donors (Lipinski definition) is 3. The SMILES string of the molecule is CNC(=O)C1CCCN(CC(=O)Nc2ccccc2N)C1. The number of hydrogen-bond acceptors (Lipinski definition) is 4. The lowest BCUT2D eigenvalue weighted by molar-refractivity contribution is -0.127. The fourth-order valence-corrected chi connectivity index (χ4v) is 2.62. The molecule has 1 atom stereocenters. The topological polar surface area (TPSA) is 87.5 Å². The number of piperidine rings is 1. The van der Waals surface area contributed by atoms with Gasteiger partial charge in [0.05, 0.1) is 23.8 Å². The number of rotatable bonds is 4. The number of carbonyl (C=O) groups excluding carboxylic acids is 2. The van der Waals surface area contributed by atoms with E-state index in [-0.39, 0.29) is 24.3 Å². The first-order chi connectivity index (χ1) is 10.1. The van der Waals surface area contributed by atoms with Gasteiger partial charge in [-0.3, -0.25) is 14.5 Å². The Hall–Kier alpha value is -2.08. The molecule has 114 valence electrons. The molecule has 0 bridgehead atoms. The normalized spacial score (nSPS) is 19.0. The van der Waals surface area contributed by atoms with E-state index in [4.69, 9.17) is 5.73 Å². The number of nitrogens with two attached hydrogens (primary N) is 1. The molecule has 1 aliphatic rings. The summed E-state index contributed by atoms with van der Waals surface area (Å²) in [6, 6.07) is 7.17. The highest BCUT2D eigenvalue weighted by Gasteiger charge is 2.26. The van der Waals surface area contributed by atoms with Crippen LogP contribution in [0.25, 0.3) is 0 Å². The van der Waals surface area contributed by atoms with E-state index in [9.17, 15) is 9.59 Å². The molecule has 1 fully saturated rings. The summed E-state index contributed by atoms with van der Waals surface area (Å²) in [4.78, 5) is 25.8. The van der Waals surface area contributed by atoms with Gasteiger partial charge in [0, 0.05) is 13.6 Å². The van der Waals surface area contributed by atoms with Crippen LogP contribution in [0.5, 0.6) is 0 Å². The van der Waals surface area contributed by atoms with E-state index >= 15 is 0 Å². The Morgan fingerprint density at radius 2 is 2.14 bits per heavy atom. The van der Waals surface area contributed by atoms with Crippen molar-refractivity contribution in [3.05, 3.63) is 24.3 Å². The number of amides is 2. The van der Waals surface area contributed by atoms with Crippen LogP contribution in [0.15, 0.2) is 24.3 Å². The quantitative estimate of drug-likeness (QED) is 0.711. The smallest absolute Gasteiger partial charge is 0.238 e. The van der Waals surface area contributed by atoms with E-state index in [0.29, 0.717) is 17.9 Å². The molecule has 1 unspecified atom stereocenters. The van der Waals surface area contributed by atoms with Gasteiger partial charge in [-0.25, -0.2) is 0 Å². The molecule has 6 nitrogen and oxygen atoms in total. The van der Waals surface area contributed by atoms with Crippen molar-refractivity contribution >= 4 is 23.2 Å². The van der Waals surface area contributed by atoms with E-state index in [2.05, 4.69) is 10.6 Å². The standard InChI is InChI=1S/C15H22N4O2/c1-17-15(21)11-5-4-8-19(9-11)10-14(20)18-13-7-3-2-6-12(13)16/h2-3,6-7,11H,4-5,8-10,16H2,1H3,(H,17,21)(H,18,20). The van der Waals surface area contributed by atoms with E-state index in [1.807, 2.05) is 17.0 Å². The van der Waals surface area contributed by atoms with E-state index in [0.717, 1.165) is 19.4 Å². The summed E-state index contributed by atoms with van der Waals surface area (Å²) in [5.74, 6) is -0.0868. The third-order valence-electron chi connectivity index (χ3n) is 3.72. The first kappa shape index (κ1) is 15.3. The number of nitrogen functional groups attached to an aromatic ring is 1. The zero-order valence-electron chi connectivity index (χ0n) is 12.3. The van der Waals surface area contributed by atoms with Crippen molar-refractivity contribution in [3.63, 3.8) is 0 Å². The number of likely N-dealkylation sites (tertiary alicyclic amines) is 1. The molecule has 1 saturated heterocycles. The zero-order valence-corrected chi connectivity index (χ0v) is 12.3. The number of nitrogens with one attached hydrogen (secondary N) is 2. The Labute approximate surface area is 124 Å². The van der Waals surface area contributed by atoms with Gasteiger partial charge in [-0.1, -0.05) is 12.1 Å². The number of benzene rings is 1. The van der Waals surface area contributed by atoms with E-state index < -0.39 is 0 Å². The van der Waals surface area contributed by atoms with Crippen LogP contribution in [-0.4, -0.2) is 43.4 Å². The fraction of sp³-hybridized carbons (Fsp3) is 0.467. The highest BCUT2D eigenvalue weighted by molar-refractivity contribution is 5.95. The summed E-state index contributed by atoms with van der Waals surface area (Å²) in [6.07, 6.45) is 1.81. The van der Waals surface area contributed by atoms with E-state index in [1.54, 1.807) is 19.2 Å². The van der Waals surface area contributed by atoms with Crippen LogP contribution >= 0.6 is 0 Å². The maximum atomic E-state index is 12.1. The van der Waals surface area contributed by atoms with Gasteiger partial charge in [0.25, 0.3) is 0 Å². The lowest BCUT2D eigenvalue weighted by atomic mass is 9.97. The average molecular weight is 290 g/mol. The fourth-order valence-electron chi connectivity index (χ4n) is 2.62. The Bertz CT molecular complexity index is 518. The maximum absolute atomic E-state index is 12.1. The number of carbonyl (C=O) groups is 2. The molecule has 21 heavy (non-hydrogen) atoms. The Morgan fingerprint density at radius 3 is 2.86 bits per heavy atom. The highest BCUT2D eigenvalue weighted by atomic mass is 16.2. The molecule has 6 heteroatoms. The molecule has 1 aromatic carbocycles. The minimum Gasteiger partial charge on any atom is -0.397 e. The summed E-state index contributed by atoms with van der Waals surface area (Å²) in [7, 11) is 1.65. The third-order valence-corrected chi connectivity index (χ3v) is 3.72. The van der Waals surface area contributed by atoms with Gasteiger partial charge in [0.2, 0.25) is 11.8 Å². The van der Waals surface area contributed by atoms with Gasteiger partial charge in [-0.05, 0) is 31.5 Å². The molecule has 1 aliphatic heterocycles. The van der Waals surface area contributed by atoms with Crippen molar-refractivity contribution < 1.29 is 9.59 Å². The lowest BCUT2D eigenvalue weighted by Crippen LogP contribution is -2.44. The summed E-state index contributed by atoms with van der Waals surface area (Å²) < 4.78 is 0. The molecule has 0 saturated carbocycles. The highest BCUT2D eigenvalue weighted by Crippen LogP contribution is 2.18. The van der Waals surface area contributed by atoms with Gasteiger partial charge in [0.15, 0.2) is 0 Å². The molecule has 0 radical (unpaired) electrons. The van der Waals surface area contributed by atoms with Crippen molar-refractivity contribution in [1.29, 1.82) is 0 Å². The predicted octanol–water partition coefficient (Wildman–Crippen LogP) is 0.665. The van der Waals surface area contributed by atoms with Crippen molar-refractivity contribution in [2.45, 2.75) is 12.8 Å². The second kappa shape index (κ2) is 7.08. The molecule has 1 heterocycles. The largest absolute Gasteiger partial charge is 0.397 e. The summed E-state index contributed by atoms with van der Waals surface area (Å²) in [6.45, 7) is 1.74. The summed E-state index contributed by atoms with van der Waals surface area (Å²) >= 11 is 0. The number of anilines is 2. The Morgan fingerprint density at radius 1 is 1.38 bits per heavy atom. The van der Waals surface area contributed by atoms with Crippen LogP contribution in [0.4, 0.5) is 11.4 Å². The zero-order chi connectivity index (χ0) is 15.2. The lowest BCUT2D eigenvalue weighted by Gasteiger charge is -2.31. The number of para-hydroxylation sites is 2. The first-order valence-corrected chi connectivity index (χ1v) is 7.18. The van der Waals surface area contributed by atoms with Gasteiger partial charge in [-0.15, -0.1) is 0 Å². The van der Waals surface area contributed by atoms with Crippen molar-refractivity contribution in [2.75, 3.05) is 37.7 Å². The molecule has 0 spiro atoms. The van der Waals surface area contributed by atoms with Crippen LogP contribution in [-0.2, 0) is 9.59 Å². The van der Waals surface area contributed by atoms with Gasteiger partial charge in [-0.2, -0.15) is 0 Å². The van der Waals surface area contributed by atoms with Crippen LogP contribution in [0, 0.1) is 5.92 Å². The molecular formula is C15H22N4O2. The molecule has 2 rings (SSSR count). The van der Waals surface area contributed by atoms with E-state index in [1.165, 1.54) is 0 Å². The van der Waals surface area contributed by atoms with Crippen molar-refractivity contribution in [1.82, 2.24) is 10.2 Å². The molecule has 0 aliphatic carbocycles. The molecule has 2 amide bonds. The summed E-state index contributed by atoms with van der Waals surface area (Å²) in [5, 5.41) is 5.48. The predicted molar refractivity (Wildman–Crippen MR) is 82.7 cm³/mol. The minimum absolute atomic E-state index is 0.0293. The molecular weight excluding hydrogens is 268 g/mol. The average Bonchev–Trinajstić information content (AvgIpc) is 2.49. The molecule has 0 aromatic heterocycles. The van der Waals surface area contributed by atoms with Gasteiger partial charge < -0.3 is 16.4 Å². The first-order valence-electron chi connectivity index (χ1n) is 7.18. The second-order valence-corrected chi connectivity index (χ2v) is 5.32. The second-order valence-electron chi connectivity index (χ2n) is 5.32. The molecule has 1 aromatic rings. The van der Waals surface area contributed by atoms with Crippen LogP contribution in [0.2, 0.25) is 0 Å². The van der Waals surface area contributed by atoms with Crippen molar-refractivity contribution in [2.24, 2.45) is 5.92 Å². The van der Waals surface area contributed by atoms with Gasteiger partial charge in [0.1, 0.15) is 0 Å². The van der Waals surface area contributed by atoms with Crippen LogP contribution < -0.4 is 16.4 Å². The number of nitrogens with zero attached hydrogens (tertiary/aromatic N) is 1. The van der Waals surface area contributed by atoms with Crippen LogP contribution in [0.3, 0.4) is 0 Å².